The Morgan fingerprint density at radius 2 is 2.10 bits per heavy atom. The number of nitrogens with one attached hydrogen (secondary N) is 1. The van der Waals surface area contributed by atoms with E-state index in [0.717, 1.165) is 12.1 Å². The molecule has 0 aliphatic carbocycles. The van der Waals surface area contributed by atoms with Crippen LogP contribution in [0.1, 0.15) is 11.4 Å². The number of nitrogens with zero attached hydrogens (tertiary/aromatic N) is 3. The third-order valence-corrected chi connectivity index (χ3v) is 4.05. The molecule has 7 nitrogen and oxygen atoms in total. The van der Waals surface area contributed by atoms with E-state index in [1.54, 1.807) is 7.05 Å². The number of halogens is 2. The standard InChI is InChI=1S/C11H13F2N5O2S/c1-18-6-15-10(17-18)5-16-21(19,20)9-3-7(4-14)2-8(12)11(9)13/h2-3,6,16H,4-5,14H2,1H3. The van der Waals surface area contributed by atoms with E-state index in [4.69, 9.17) is 5.73 Å². The molecule has 0 saturated heterocycles. The minimum atomic E-state index is -4.24. The van der Waals surface area contributed by atoms with Crippen LogP contribution in [0, 0.1) is 11.6 Å². The number of benzene rings is 1. The number of aromatic nitrogens is 3. The summed E-state index contributed by atoms with van der Waals surface area (Å²) >= 11 is 0. The van der Waals surface area contributed by atoms with Crippen LogP contribution < -0.4 is 10.5 Å². The van der Waals surface area contributed by atoms with Gasteiger partial charge < -0.3 is 5.73 Å². The van der Waals surface area contributed by atoms with Crippen LogP contribution in [0.3, 0.4) is 0 Å². The van der Waals surface area contributed by atoms with Crippen LogP contribution in [0.4, 0.5) is 8.78 Å². The molecule has 21 heavy (non-hydrogen) atoms. The molecule has 2 rings (SSSR count). The summed E-state index contributed by atoms with van der Waals surface area (Å²) in [5, 5.41) is 3.87. The average molecular weight is 317 g/mol. The summed E-state index contributed by atoms with van der Waals surface area (Å²) in [4.78, 5) is 3.03. The Labute approximate surface area is 119 Å². The molecule has 0 atom stereocenters. The first-order valence-corrected chi connectivity index (χ1v) is 7.34. The van der Waals surface area contributed by atoms with E-state index < -0.39 is 26.6 Å². The fourth-order valence-corrected chi connectivity index (χ4v) is 2.75. The molecule has 0 unspecified atom stereocenters. The summed E-state index contributed by atoms with van der Waals surface area (Å²) in [6.07, 6.45) is 1.39. The lowest BCUT2D eigenvalue weighted by atomic mass is 10.2. The highest BCUT2D eigenvalue weighted by molar-refractivity contribution is 7.89. The highest BCUT2D eigenvalue weighted by atomic mass is 32.2. The van der Waals surface area contributed by atoms with Gasteiger partial charge in [-0.25, -0.2) is 26.9 Å². The Kier molecular flexibility index (Phi) is 4.30. The fraction of sp³-hybridized carbons (Fsp3) is 0.273. The summed E-state index contributed by atoms with van der Waals surface area (Å²) < 4.78 is 54.6. The predicted molar refractivity (Wildman–Crippen MR) is 69.3 cm³/mol. The molecule has 0 bridgehead atoms. The fourth-order valence-electron chi connectivity index (χ4n) is 1.63. The van der Waals surface area contributed by atoms with Gasteiger partial charge in [-0.2, -0.15) is 5.10 Å². The molecule has 0 fully saturated rings. The molecule has 1 aromatic heterocycles. The van der Waals surface area contributed by atoms with Crippen molar-refractivity contribution in [2.24, 2.45) is 12.8 Å². The zero-order valence-corrected chi connectivity index (χ0v) is 11.9. The summed E-state index contributed by atoms with van der Waals surface area (Å²) in [7, 11) is -2.63. The lowest BCUT2D eigenvalue weighted by Gasteiger charge is -2.08. The summed E-state index contributed by atoms with van der Waals surface area (Å²) in [6, 6.07) is 1.85. The maximum Gasteiger partial charge on any atom is 0.244 e. The average Bonchev–Trinajstić information content (AvgIpc) is 2.85. The number of hydrogen-bond acceptors (Lipinski definition) is 5. The maximum atomic E-state index is 13.7. The molecule has 0 radical (unpaired) electrons. The van der Waals surface area contributed by atoms with Crippen LogP contribution >= 0.6 is 0 Å². The second-order valence-corrected chi connectivity index (χ2v) is 5.99. The highest BCUT2D eigenvalue weighted by Crippen LogP contribution is 2.19. The topological polar surface area (TPSA) is 103 Å². The van der Waals surface area contributed by atoms with E-state index in [1.165, 1.54) is 11.0 Å². The first kappa shape index (κ1) is 15.5. The Bertz CT molecular complexity index is 760. The molecule has 0 saturated carbocycles. The smallest absolute Gasteiger partial charge is 0.244 e. The summed E-state index contributed by atoms with van der Waals surface area (Å²) in [5.74, 6) is -2.51. The molecule has 0 aliphatic rings. The van der Waals surface area contributed by atoms with Gasteiger partial charge in [0, 0.05) is 13.6 Å². The van der Waals surface area contributed by atoms with Crippen molar-refractivity contribution in [2.45, 2.75) is 18.0 Å². The van der Waals surface area contributed by atoms with Crippen molar-refractivity contribution >= 4 is 10.0 Å². The number of nitrogens with two attached hydrogens (primary N) is 1. The monoisotopic (exact) mass is 317 g/mol. The van der Waals surface area contributed by atoms with E-state index in [2.05, 4.69) is 14.8 Å². The molecule has 114 valence electrons. The second kappa shape index (κ2) is 5.84. The van der Waals surface area contributed by atoms with Gasteiger partial charge in [0.1, 0.15) is 11.2 Å². The maximum absolute atomic E-state index is 13.7. The highest BCUT2D eigenvalue weighted by Gasteiger charge is 2.23. The molecule has 2 aromatic rings. The van der Waals surface area contributed by atoms with Crippen molar-refractivity contribution in [3.8, 4) is 0 Å². The molecule has 1 heterocycles. The normalized spacial score (nSPS) is 11.8. The van der Waals surface area contributed by atoms with Gasteiger partial charge in [-0.1, -0.05) is 0 Å². The third kappa shape index (κ3) is 3.40. The third-order valence-electron chi connectivity index (χ3n) is 2.65. The van der Waals surface area contributed by atoms with Gasteiger partial charge >= 0.3 is 0 Å². The largest absolute Gasteiger partial charge is 0.326 e. The molecule has 0 spiro atoms. The van der Waals surface area contributed by atoms with Gasteiger partial charge in [0.2, 0.25) is 10.0 Å². The lowest BCUT2D eigenvalue weighted by Crippen LogP contribution is -2.25. The van der Waals surface area contributed by atoms with Gasteiger partial charge in [-0.05, 0) is 17.7 Å². The minimum Gasteiger partial charge on any atom is -0.326 e. The zero-order valence-electron chi connectivity index (χ0n) is 11.0. The van der Waals surface area contributed by atoms with Crippen LogP contribution in [0.25, 0.3) is 0 Å². The Balaban J connectivity index is 2.29. The van der Waals surface area contributed by atoms with Crippen LogP contribution in [-0.4, -0.2) is 23.2 Å². The number of sulfonamides is 1. The number of rotatable bonds is 5. The van der Waals surface area contributed by atoms with E-state index in [0.29, 0.717) is 0 Å². The zero-order chi connectivity index (χ0) is 15.6. The second-order valence-electron chi connectivity index (χ2n) is 4.25. The van der Waals surface area contributed by atoms with Crippen molar-refractivity contribution in [3.05, 3.63) is 41.5 Å². The van der Waals surface area contributed by atoms with E-state index in [9.17, 15) is 17.2 Å². The Morgan fingerprint density at radius 1 is 1.38 bits per heavy atom. The molecule has 1 aromatic carbocycles. The summed E-state index contributed by atoms with van der Waals surface area (Å²) in [6.45, 7) is -0.349. The first-order chi connectivity index (χ1) is 9.83. The van der Waals surface area contributed by atoms with Gasteiger partial charge in [0.15, 0.2) is 17.5 Å². The molecular weight excluding hydrogens is 304 g/mol. The van der Waals surface area contributed by atoms with Crippen LogP contribution in [0.5, 0.6) is 0 Å². The minimum absolute atomic E-state index is 0.110. The van der Waals surface area contributed by atoms with Crippen molar-refractivity contribution in [1.82, 2.24) is 19.5 Å². The predicted octanol–water partition coefficient (Wildman–Crippen LogP) is 0.0305. The molecule has 10 heteroatoms. The first-order valence-electron chi connectivity index (χ1n) is 5.85. The van der Waals surface area contributed by atoms with Crippen molar-refractivity contribution in [3.63, 3.8) is 0 Å². The van der Waals surface area contributed by atoms with Crippen molar-refractivity contribution in [2.75, 3.05) is 0 Å². The Morgan fingerprint density at radius 3 is 2.67 bits per heavy atom. The van der Waals surface area contributed by atoms with E-state index in [-0.39, 0.29) is 24.5 Å². The SMILES string of the molecule is Cn1cnc(CNS(=O)(=O)c2cc(CN)cc(F)c2F)n1. The quantitative estimate of drug-likeness (QED) is 0.810. The van der Waals surface area contributed by atoms with E-state index >= 15 is 0 Å². The molecular formula is C11H13F2N5O2S. The summed E-state index contributed by atoms with van der Waals surface area (Å²) in [5.41, 5.74) is 5.49. The van der Waals surface area contributed by atoms with Crippen LogP contribution in [0.15, 0.2) is 23.4 Å². The van der Waals surface area contributed by atoms with Crippen molar-refractivity contribution < 1.29 is 17.2 Å². The number of aryl methyl sites for hydroxylation is 1. The Hall–Kier alpha value is -1.91. The molecule has 0 amide bonds. The number of hydrogen-bond donors (Lipinski definition) is 2. The van der Waals surface area contributed by atoms with Crippen LogP contribution in [-0.2, 0) is 30.2 Å². The molecule has 3 N–H and O–H groups in total. The van der Waals surface area contributed by atoms with Gasteiger partial charge in [-0.15, -0.1) is 0 Å². The van der Waals surface area contributed by atoms with Crippen molar-refractivity contribution in [1.29, 1.82) is 0 Å². The van der Waals surface area contributed by atoms with Gasteiger partial charge in [0.25, 0.3) is 0 Å². The van der Waals surface area contributed by atoms with Gasteiger partial charge in [-0.3, -0.25) is 4.68 Å². The molecule has 0 aliphatic heterocycles. The van der Waals surface area contributed by atoms with Crippen LogP contribution in [0.2, 0.25) is 0 Å². The van der Waals surface area contributed by atoms with Gasteiger partial charge in [0.05, 0.1) is 6.54 Å². The lowest BCUT2D eigenvalue weighted by molar-refractivity contribution is 0.481. The van der Waals surface area contributed by atoms with E-state index in [1.807, 2.05) is 0 Å².